The molecule has 5 heteroatoms. The number of aromatic nitrogens is 2. The Kier molecular flexibility index (Phi) is 3.70. The van der Waals surface area contributed by atoms with Crippen LogP contribution in [-0.2, 0) is 6.42 Å². The summed E-state index contributed by atoms with van der Waals surface area (Å²) in [5, 5.41) is 3.08. The zero-order valence-electron chi connectivity index (χ0n) is 11.2. The molecule has 3 nitrogen and oxygen atoms in total. The molecule has 1 aliphatic rings. The summed E-state index contributed by atoms with van der Waals surface area (Å²) in [6, 6.07) is 6.58. The summed E-state index contributed by atoms with van der Waals surface area (Å²) in [5.41, 5.74) is 1.95. The number of nitrogens with one attached hydrogen (secondary N) is 1. The monoisotopic (exact) mass is 335 g/mol. The Bertz CT molecular complexity index is 641. The Morgan fingerprint density at radius 2 is 2.15 bits per heavy atom. The van der Waals surface area contributed by atoms with Gasteiger partial charge in [0.05, 0.1) is 10.2 Å². The molecule has 0 bridgehead atoms. The number of anilines is 1. The van der Waals surface area contributed by atoms with Crippen molar-refractivity contribution in [1.29, 1.82) is 0 Å². The van der Waals surface area contributed by atoms with Gasteiger partial charge >= 0.3 is 0 Å². The number of halogens is 2. The molecule has 1 saturated carbocycles. The zero-order valence-corrected chi connectivity index (χ0v) is 12.7. The first kappa shape index (κ1) is 13.5. The van der Waals surface area contributed by atoms with E-state index in [2.05, 4.69) is 31.2 Å². The van der Waals surface area contributed by atoms with Gasteiger partial charge in [-0.25, -0.2) is 14.4 Å². The van der Waals surface area contributed by atoms with Gasteiger partial charge < -0.3 is 5.32 Å². The minimum atomic E-state index is -0.226. The third-order valence-electron chi connectivity index (χ3n) is 3.38. The topological polar surface area (TPSA) is 37.8 Å². The second-order valence-corrected chi connectivity index (χ2v) is 5.81. The first-order valence-electron chi connectivity index (χ1n) is 6.66. The number of hydrogen-bond acceptors (Lipinski definition) is 3. The van der Waals surface area contributed by atoms with E-state index in [0.717, 1.165) is 27.4 Å². The van der Waals surface area contributed by atoms with Crippen LogP contribution in [0.1, 0.15) is 35.8 Å². The molecule has 0 radical (unpaired) electrons. The maximum Gasteiger partial charge on any atom is 0.144 e. The largest absolute Gasteiger partial charge is 0.372 e. The molecule has 1 fully saturated rings. The number of benzene rings is 1. The van der Waals surface area contributed by atoms with E-state index in [1.54, 1.807) is 6.07 Å². The molecule has 0 unspecified atom stereocenters. The molecule has 0 amide bonds. The average molecular weight is 336 g/mol. The van der Waals surface area contributed by atoms with E-state index < -0.39 is 0 Å². The summed E-state index contributed by atoms with van der Waals surface area (Å²) in [7, 11) is 1.84. The number of nitrogens with zero attached hydrogens (tertiary/aromatic N) is 2. The maximum absolute atomic E-state index is 13.2. The van der Waals surface area contributed by atoms with Crippen molar-refractivity contribution in [3.63, 3.8) is 0 Å². The van der Waals surface area contributed by atoms with Crippen LogP contribution in [0.3, 0.4) is 0 Å². The van der Waals surface area contributed by atoms with Crippen molar-refractivity contribution < 1.29 is 4.39 Å². The molecule has 2 aromatic rings. The highest BCUT2D eigenvalue weighted by Crippen LogP contribution is 2.43. The first-order chi connectivity index (χ1) is 9.67. The smallest absolute Gasteiger partial charge is 0.144 e. The van der Waals surface area contributed by atoms with Crippen molar-refractivity contribution in [2.24, 2.45) is 0 Å². The van der Waals surface area contributed by atoms with Crippen LogP contribution in [0.2, 0.25) is 0 Å². The van der Waals surface area contributed by atoms with Crippen LogP contribution >= 0.6 is 15.9 Å². The average Bonchev–Trinajstić information content (AvgIpc) is 3.25. The molecule has 0 aliphatic heterocycles. The van der Waals surface area contributed by atoms with Crippen molar-refractivity contribution in [2.45, 2.75) is 25.2 Å². The van der Waals surface area contributed by atoms with E-state index in [-0.39, 0.29) is 5.82 Å². The van der Waals surface area contributed by atoms with Crippen molar-refractivity contribution in [3.8, 4) is 0 Å². The van der Waals surface area contributed by atoms with Gasteiger partial charge in [0.15, 0.2) is 0 Å². The van der Waals surface area contributed by atoms with Gasteiger partial charge in [-0.15, -0.1) is 0 Å². The predicted molar refractivity (Wildman–Crippen MR) is 80.5 cm³/mol. The van der Waals surface area contributed by atoms with Crippen LogP contribution in [0.15, 0.2) is 28.7 Å². The molecule has 1 N–H and O–H groups in total. The fourth-order valence-corrected chi connectivity index (χ4v) is 2.91. The molecule has 3 rings (SSSR count). The van der Waals surface area contributed by atoms with Gasteiger partial charge in [0.1, 0.15) is 17.5 Å². The van der Waals surface area contributed by atoms with E-state index in [1.165, 1.54) is 25.0 Å². The van der Waals surface area contributed by atoms with Gasteiger partial charge in [-0.3, -0.25) is 0 Å². The second kappa shape index (κ2) is 5.48. The van der Waals surface area contributed by atoms with E-state index in [9.17, 15) is 4.39 Å². The normalized spacial score (nSPS) is 14.3. The molecular formula is C15H15BrFN3. The Hall–Kier alpha value is -1.49. The maximum atomic E-state index is 13.2. The third-order valence-corrected chi connectivity index (χ3v) is 4.16. The van der Waals surface area contributed by atoms with Crippen molar-refractivity contribution in [2.75, 3.05) is 12.4 Å². The highest BCUT2D eigenvalue weighted by Gasteiger charge is 2.29. The summed E-state index contributed by atoms with van der Waals surface area (Å²) in [6.07, 6.45) is 2.90. The molecule has 1 aliphatic carbocycles. The van der Waals surface area contributed by atoms with E-state index in [4.69, 9.17) is 0 Å². The third kappa shape index (κ3) is 2.82. The minimum Gasteiger partial charge on any atom is -0.372 e. The van der Waals surface area contributed by atoms with Crippen LogP contribution in [0.4, 0.5) is 10.2 Å². The molecule has 0 spiro atoms. The van der Waals surface area contributed by atoms with Gasteiger partial charge in [0.2, 0.25) is 0 Å². The summed E-state index contributed by atoms with van der Waals surface area (Å²) < 4.78 is 14.2. The van der Waals surface area contributed by atoms with E-state index in [1.807, 2.05) is 13.1 Å². The van der Waals surface area contributed by atoms with Crippen LogP contribution in [0, 0.1) is 5.82 Å². The quantitative estimate of drug-likeness (QED) is 0.921. The van der Waals surface area contributed by atoms with Crippen molar-refractivity contribution in [1.82, 2.24) is 9.97 Å². The summed E-state index contributed by atoms with van der Waals surface area (Å²) in [4.78, 5) is 9.14. The SMILES string of the molecule is CNc1nc(Cc2cccc(F)c2)nc(C2CC2)c1Br. The fourth-order valence-electron chi connectivity index (χ4n) is 2.21. The molecular weight excluding hydrogens is 321 g/mol. The second-order valence-electron chi connectivity index (χ2n) is 5.02. The van der Waals surface area contributed by atoms with Crippen molar-refractivity contribution >= 4 is 21.7 Å². The van der Waals surface area contributed by atoms with Crippen molar-refractivity contribution in [3.05, 3.63) is 51.6 Å². The van der Waals surface area contributed by atoms with Crippen LogP contribution in [-0.4, -0.2) is 17.0 Å². The first-order valence-corrected chi connectivity index (χ1v) is 7.45. The molecule has 1 aromatic heterocycles. The lowest BCUT2D eigenvalue weighted by molar-refractivity contribution is 0.625. The molecule has 0 saturated heterocycles. The molecule has 104 valence electrons. The molecule has 20 heavy (non-hydrogen) atoms. The highest BCUT2D eigenvalue weighted by molar-refractivity contribution is 9.10. The van der Waals surface area contributed by atoms with Crippen LogP contribution < -0.4 is 5.32 Å². The van der Waals surface area contributed by atoms with Gasteiger partial charge in [-0.05, 0) is 46.5 Å². The lowest BCUT2D eigenvalue weighted by Crippen LogP contribution is -2.06. The zero-order chi connectivity index (χ0) is 14.1. The Morgan fingerprint density at radius 1 is 1.35 bits per heavy atom. The molecule has 0 atom stereocenters. The predicted octanol–water partition coefficient (Wildman–Crippen LogP) is 3.89. The minimum absolute atomic E-state index is 0.226. The highest BCUT2D eigenvalue weighted by atomic mass is 79.9. The Morgan fingerprint density at radius 3 is 2.80 bits per heavy atom. The van der Waals surface area contributed by atoms with E-state index >= 15 is 0 Å². The van der Waals surface area contributed by atoms with Gasteiger partial charge in [-0.2, -0.15) is 0 Å². The van der Waals surface area contributed by atoms with Gasteiger partial charge in [0.25, 0.3) is 0 Å². The van der Waals surface area contributed by atoms with Crippen LogP contribution in [0.5, 0.6) is 0 Å². The van der Waals surface area contributed by atoms with Gasteiger partial charge in [-0.1, -0.05) is 12.1 Å². The molecule has 1 heterocycles. The summed E-state index contributed by atoms with van der Waals surface area (Å²) in [6.45, 7) is 0. The Labute approximate surface area is 125 Å². The lowest BCUT2D eigenvalue weighted by Gasteiger charge is -2.10. The fraction of sp³-hybridized carbons (Fsp3) is 0.333. The summed E-state index contributed by atoms with van der Waals surface area (Å²) >= 11 is 3.57. The Balaban J connectivity index is 1.94. The number of hydrogen-bond donors (Lipinski definition) is 1. The number of rotatable bonds is 4. The lowest BCUT2D eigenvalue weighted by atomic mass is 10.1. The van der Waals surface area contributed by atoms with Gasteiger partial charge in [0, 0.05) is 19.4 Å². The van der Waals surface area contributed by atoms with E-state index in [0.29, 0.717) is 12.3 Å². The molecule has 1 aromatic carbocycles. The summed E-state index contributed by atoms with van der Waals surface area (Å²) in [5.74, 6) is 1.83. The standard InChI is InChI=1S/C15H15BrFN3/c1-18-15-13(16)14(10-5-6-10)19-12(20-15)8-9-3-2-4-11(17)7-9/h2-4,7,10H,5-6,8H2,1H3,(H,18,19,20). The van der Waals surface area contributed by atoms with Crippen LogP contribution in [0.25, 0.3) is 0 Å².